The number of nitrogens with two attached hydrogens (primary N) is 2. The van der Waals surface area contributed by atoms with Crippen molar-refractivity contribution in [3.63, 3.8) is 0 Å². The van der Waals surface area contributed by atoms with Crippen molar-refractivity contribution >= 4 is 11.4 Å². The summed E-state index contributed by atoms with van der Waals surface area (Å²) >= 11 is 0. The highest BCUT2D eigenvalue weighted by Crippen LogP contribution is 2.34. The first-order valence-corrected chi connectivity index (χ1v) is 8.52. The summed E-state index contributed by atoms with van der Waals surface area (Å²) in [7, 11) is 0. The molecule has 0 aromatic heterocycles. The summed E-state index contributed by atoms with van der Waals surface area (Å²) in [5.74, 6) is 0. The SMILES string of the molecule is CCCCc1ccccc1-c1cc(-c2ccc(N)cc2)ccc1N. The molecule has 0 aliphatic heterocycles. The lowest BCUT2D eigenvalue weighted by atomic mass is 9.92. The van der Waals surface area contributed by atoms with Gasteiger partial charge in [-0.2, -0.15) is 0 Å². The third-order valence-electron chi connectivity index (χ3n) is 4.40. The quantitative estimate of drug-likeness (QED) is 0.608. The summed E-state index contributed by atoms with van der Waals surface area (Å²) in [6.07, 6.45) is 3.46. The second kappa shape index (κ2) is 7.22. The van der Waals surface area contributed by atoms with Gasteiger partial charge in [-0.3, -0.25) is 0 Å². The summed E-state index contributed by atoms with van der Waals surface area (Å²) < 4.78 is 0. The highest BCUT2D eigenvalue weighted by atomic mass is 14.6. The largest absolute Gasteiger partial charge is 0.399 e. The summed E-state index contributed by atoms with van der Waals surface area (Å²) in [5, 5.41) is 0. The average Bonchev–Trinajstić information content (AvgIpc) is 2.61. The van der Waals surface area contributed by atoms with E-state index in [9.17, 15) is 0 Å². The van der Waals surface area contributed by atoms with Crippen molar-refractivity contribution < 1.29 is 0 Å². The van der Waals surface area contributed by atoms with Crippen LogP contribution in [0.3, 0.4) is 0 Å². The molecule has 24 heavy (non-hydrogen) atoms. The topological polar surface area (TPSA) is 52.0 Å². The lowest BCUT2D eigenvalue weighted by Crippen LogP contribution is -1.95. The number of rotatable bonds is 5. The molecule has 3 rings (SSSR count). The Labute approximate surface area is 144 Å². The van der Waals surface area contributed by atoms with E-state index in [-0.39, 0.29) is 0 Å². The van der Waals surface area contributed by atoms with Crippen molar-refractivity contribution in [3.8, 4) is 22.3 Å². The summed E-state index contributed by atoms with van der Waals surface area (Å²) in [6, 6.07) is 22.8. The van der Waals surface area contributed by atoms with Gasteiger partial charge in [0.2, 0.25) is 0 Å². The smallest absolute Gasteiger partial charge is 0.0394 e. The number of benzene rings is 3. The number of aryl methyl sites for hydroxylation is 1. The van der Waals surface area contributed by atoms with Crippen LogP contribution in [0.15, 0.2) is 66.7 Å². The van der Waals surface area contributed by atoms with Crippen LogP contribution in [0, 0.1) is 0 Å². The lowest BCUT2D eigenvalue weighted by molar-refractivity contribution is 0.796. The minimum absolute atomic E-state index is 0.777. The molecule has 0 bridgehead atoms. The van der Waals surface area contributed by atoms with Crippen LogP contribution in [0.2, 0.25) is 0 Å². The third-order valence-corrected chi connectivity index (χ3v) is 4.40. The molecule has 0 spiro atoms. The predicted octanol–water partition coefficient (Wildman–Crippen LogP) is 5.53. The van der Waals surface area contributed by atoms with E-state index in [1.165, 1.54) is 24.0 Å². The Balaban J connectivity index is 2.05. The van der Waals surface area contributed by atoms with Gasteiger partial charge in [0.25, 0.3) is 0 Å². The standard InChI is InChI=1S/C22H24N2/c1-2-3-6-17-7-4-5-8-20(17)21-15-18(11-14-22(21)24)16-9-12-19(23)13-10-16/h4-5,7-15H,2-3,6,23-24H2,1H3. The molecule has 0 heterocycles. The Morgan fingerprint density at radius 1 is 0.750 bits per heavy atom. The monoisotopic (exact) mass is 316 g/mol. The molecule has 0 amide bonds. The Morgan fingerprint density at radius 3 is 2.21 bits per heavy atom. The molecule has 0 radical (unpaired) electrons. The zero-order valence-electron chi connectivity index (χ0n) is 14.1. The van der Waals surface area contributed by atoms with Crippen LogP contribution in [0.1, 0.15) is 25.3 Å². The maximum atomic E-state index is 6.30. The van der Waals surface area contributed by atoms with E-state index >= 15 is 0 Å². The maximum Gasteiger partial charge on any atom is 0.0394 e. The molecule has 0 aliphatic carbocycles. The molecule has 122 valence electrons. The van der Waals surface area contributed by atoms with Gasteiger partial charge in [0, 0.05) is 16.9 Å². The normalized spacial score (nSPS) is 10.7. The van der Waals surface area contributed by atoms with Crippen molar-refractivity contribution in [2.75, 3.05) is 11.5 Å². The van der Waals surface area contributed by atoms with Crippen molar-refractivity contribution in [3.05, 3.63) is 72.3 Å². The molecule has 0 unspecified atom stereocenters. The Kier molecular flexibility index (Phi) is 4.85. The molecular formula is C22H24N2. The molecule has 2 nitrogen and oxygen atoms in total. The summed E-state index contributed by atoms with van der Waals surface area (Å²) in [6.45, 7) is 2.22. The number of anilines is 2. The molecule has 0 fully saturated rings. The van der Waals surface area contributed by atoms with Gasteiger partial charge in [-0.05, 0) is 59.4 Å². The van der Waals surface area contributed by atoms with Crippen molar-refractivity contribution in [1.82, 2.24) is 0 Å². The van der Waals surface area contributed by atoms with Gasteiger partial charge in [0.05, 0.1) is 0 Å². The maximum absolute atomic E-state index is 6.30. The molecular weight excluding hydrogens is 292 g/mol. The number of unbranched alkanes of at least 4 members (excludes halogenated alkanes) is 1. The zero-order chi connectivity index (χ0) is 16.9. The van der Waals surface area contributed by atoms with Gasteiger partial charge in [-0.15, -0.1) is 0 Å². The minimum Gasteiger partial charge on any atom is -0.399 e. The Hall–Kier alpha value is -2.74. The van der Waals surface area contributed by atoms with E-state index in [4.69, 9.17) is 11.5 Å². The van der Waals surface area contributed by atoms with Crippen molar-refractivity contribution in [1.29, 1.82) is 0 Å². The summed E-state index contributed by atoms with van der Waals surface area (Å²) in [4.78, 5) is 0. The summed E-state index contributed by atoms with van der Waals surface area (Å²) in [5.41, 5.74) is 19.7. The molecule has 0 aliphatic rings. The fourth-order valence-electron chi connectivity index (χ4n) is 3.01. The second-order valence-electron chi connectivity index (χ2n) is 6.18. The highest BCUT2D eigenvalue weighted by molar-refractivity contribution is 5.83. The van der Waals surface area contributed by atoms with Crippen molar-refractivity contribution in [2.24, 2.45) is 0 Å². The van der Waals surface area contributed by atoms with Crippen molar-refractivity contribution in [2.45, 2.75) is 26.2 Å². The zero-order valence-corrected chi connectivity index (χ0v) is 14.1. The number of nitrogen functional groups attached to an aromatic ring is 2. The van der Waals surface area contributed by atoms with Gasteiger partial charge in [-0.25, -0.2) is 0 Å². The van der Waals surface area contributed by atoms with E-state index in [1.807, 2.05) is 30.3 Å². The van der Waals surface area contributed by atoms with E-state index in [1.54, 1.807) is 0 Å². The molecule has 3 aromatic carbocycles. The van der Waals surface area contributed by atoms with Crippen LogP contribution in [0.4, 0.5) is 11.4 Å². The highest BCUT2D eigenvalue weighted by Gasteiger charge is 2.09. The minimum atomic E-state index is 0.777. The van der Waals surface area contributed by atoms with Gasteiger partial charge >= 0.3 is 0 Å². The molecule has 4 N–H and O–H groups in total. The fraction of sp³-hybridized carbons (Fsp3) is 0.182. The van der Waals surface area contributed by atoms with E-state index < -0.39 is 0 Å². The van der Waals surface area contributed by atoms with E-state index in [2.05, 4.69) is 43.3 Å². The average molecular weight is 316 g/mol. The molecule has 0 saturated carbocycles. The molecule has 0 saturated heterocycles. The number of hydrogen-bond acceptors (Lipinski definition) is 2. The van der Waals surface area contributed by atoms with Gasteiger partial charge < -0.3 is 11.5 Å². The van der Waals surface area contributed by atoms with Gasteiger partial charge in [-0.1, -0.05) is 55.8 Å². The third kappa shape index (κ3) is 3.43. The van der Waals surface area contributed by atoms with Gasteiger partial charge in [0.1, 0.15) is 0 Å². The van der Waals surface area contributed by atoms with Crippen LogP contribution in [0.25, 0.3) is 22.3 Å². The molecule has 0 atom stereocenters. The predicted molar refractivity (Wildman–Crippen MR) is 105 cm³/mol. The van der Waals surface area contributed by atoms with Crippen LogP contribution in [-0.4, -0.2) is 0 Å². The molecule has 2 heteroatoms. The van der Waals surface area contributed by atoms with E-state index in [0.29, 0.717) is 0 Å². The van der Waals surface area contributed by atoms with Crippen LogP contribution >= 0.6 is 0 Å². The first-order valence-electron chi connectivity index (χ1n) is 8.52. The van der Waals surface area contributed by atoms with Crippen LogP contribution in [0.5, 0.6) is 0 Å². The fourth-order valence-corrected chi connectivity index (χ4v) is 3.01. The molecule has 3 aromatic rings. The Morgan fingerprint density at radius 2 is 1.46 bits per heavy atom. The van der Waals surface area contributed by atoms with Gasteiger partial charge in [0.15, 0.2) is 0 Å². The Bertz CT molecular complexity index is 820. The first kappa shape index (κ1) is 16.1. The second-order valence-corrected chi connectivity index (χ2v) is 6.18. The number of hydrogen-bond donors (Lipinski definition) is 2. The lowest BCUT2D eigenvalue weighted by Gasteiger charge is -2.14. The first-order chi connectivity index (χ1) is 11.7. The van der Waals surface area contributed by atoms with Crippen LogP contribution in [-0.2, 0) is 6.42 Å². The van der Waals surface area contributed by atoms with E-state index in [0.717, 1.165) is 34.5 Å². The van der Waals surface area contributed by atoms with Crippen LogP contribution < -0.4 is 11.5 Å².